The van der Waals surface area contributed by atoms with Crippen LogP contribution in [-0.4, -0.2) is 67.3 Å². The lowest BCUT2D eigenvalue weighted by Gasteiger charge is -2.27. The largest absolute Gasteiger partial charge is 0.354 e. The zero-order valence-corrected chi connectivity index (χ0v) is 31.3. The molecule has 1 saturated carbocycles. The number of benzene rings is 3. The van der Waals surface area contributed by atoms with Crippen molar-refractivity contribution in [2.45, 2.75) is 90.4 Å². The lowest BCUT2D eigenvalue weighted by Crippen LogP contribution is -2.56. The Kier molecular flexibility index (Phi) is 13.8. The molecule has 4 atom stereocenters. The van der Waals surface area contributed by atoms with Gasteiger partial charge in [0.05, 0.1) is 12.1 Å². The van der Waals surface area contributed by atoms with Crippen LogP contribution in [0.15, 0.2) is 78.9 Å². The summed E-state index contributed by atoms with van der Waals surface area (Å²) in [7, 11) is 0. The number of nitrogens with one attached hydrogen (secondary N) is 5. The molecule has 1 heterocycles. The summed E-state index contributed by atoms with van der Waals surface area (Å²) in [5, 5.41) is 15.5. The summed E-state index contributed by atoms with van der Waals surface area (Å²) < 4.78 is 0. The molecule has 3 aromatic carbocycles. The summed E-state index contributed by atoms with van der Waals surface area (Å²) in [4.78, 5) is 68.5. The van der Waals surface area contributed by atoms with Crippen LogP contribution in [0.2, 0.25) is 0 Å². The molecule has 0 aromatic heterocycles. The Morgan fingerprint density at radius 3 is 2.04 bits per heavy atom. The SMILES string of the molecule is CC[C@H](NC[C@H](Cc1ccccc1)NC(=O)c1cc(C(=O)N[C@H](C)c2ccccc2)cc(N2CCCC2=O)c1)C(=O)N[C@H](C(=O)NCC1CC1)C(C)C. The van der Waals surface area contributed by atoms with E-state index < -0.39 is 24.0 Å². The molecule has 3 aromatic rings. The lowest BCUT2D eigenvalue weighted by atomic mass is 10.0. The molecular formula is C42H54N6O5. The number of carbonyl (C=O) groups excluding carboxylic acids is 5. The van der Waals surface area contributed by atoms with Crippen molar-refractivity contribution in [1.82, 2.24) is 26.6 Å². The zero-order valence-electron chi connectivity index (χ0n) is 31.3. The Hall–Kier alpha value is -5.03. The van der Waals surface area contributed by atoms with Gasteiger partial charge in [0.25, 0.3) is 11.8 Å². The fraction of sp³-hybridized carbons (Fsp3) is 0.452. The van der Waals surface area contributed by atoms with Crippen LogP contribution in [-0.2, 0) is 20.8 Å². The number of amides is 5. The predicted octanol–water partition coefficient (Wildman–Crippen LogP) is 4.68. The van der Waals surface area contributed by atoms with Gasteiger partial charge in [-0.1, -0.05) is 81.4 Å². The van der Waals surface area contributed by atoms with E-state index in [1.807, 2.05) is 88.4 Å². The molecule has 1 aliphatic heterocycles. The maximum Gasteiger partial charge on any atom is 0.251 e. The molecule has 0 spiro atoms. The molecule has 5 rings (SSSR count). The highest BCUT2D eigenvalue weighted by Crippen LogP contribution is 2.28. The number of hydrogen-bond acceptors (Lipinski definition) is 6. The minimum Gasteiger partial charge on any atom is -0.354 e. The van der Waals surface area contributed by atoms with Gasteiger partial charge >= 0.3 is 0 Å². The summed E-state index contributed by atoms with van der Waals surface area (Å²) >= 11 is 0. The van der Waals surface area contributed by atoms with E-state index in [4.69, 9.17) is 0 Å². The van der Waals surface area contributed by atoms with Crippen molar-refractivity contribution in [3.63, 3.8) is 0 Å². The number of carbonyl (C=O) groups is 5. The molecule has 5 N–H and O–H groups in total. The average molecular weight is 723 g/mol. The van der Waals surface area contributed by atoms with Gasteiger partial charge < -0.3 is 31.5 Å². The normalized spacial score (nSPS) is 16.4. The first-order chi connectivity index (χ1) is 25.5. The molecule has 53 heavy (non-hydrogen) atoms. The van der Waals surface area contributed by atoms with Gasteiger partial charge in [0.2, 0.25) is 17.7 Å². The van der Waals surface area contributed by atoms with Crippen LogP contribution >= 0.6 is 0 Å². The van der Waals surface area contributed by atoms with Gasteiger partial charge in [0, 0.05) is 48.9 Å². The molecule has 5 amide bonds. The summed E-state index contributed by atoms with van der Waals surface area (Å²) in [6.45, 7) is 9.02. The molecule has 2 aliphatic rings. The Morgan fingerprint density at radius 2 is 1.45 bits per heavy atom. The third kappa shape index (κ3) is 11.2. The minimum atomic E-state index is -0.659. The van der Waals surface area contributed by atoms with E-state index in [1.54, 1.807) is 23.1 Å². The average Bonchev–Trinajstić information content (AvgIpc) is 3.90. The van der Waals surface area contributed by atoms with E-state index in [2.05, 4.69) is 26.6 Å². The van der Waals surface area contributed by atoms with Crippen LogP contribution in [0.1, 0.15) is 97.7 Å². The van der Waals surface area contributed by atoms with Crippen molar-refractivity contribution < 1.29 is 24.0 Å². The van der Waals surface area contributed by atoms with Gasteiger partial charge in [-0.25, -0.2) is 0 Å². The third-order valence-corrected chi connectivity index (χ3v) is 9.98. The monoisotopic (exact) mass is 722 g/mol. The molecule has 0 bridgehead atoms. The Balaban J connectivity index is 1.32. The van der Waals surface area contributed by atoms with Crippen molar-refractivity contribution in [2.24, 2.45) is 11.8 Å². The van der Waals surface area contributed by atoms with E-state index >= 15 is 0 Å². The predicted molar refractivity (Wildman–Crippen MR) is 206 cm³/mol. The highest BCUT2D eigenvalue weighted by molar-refractivity contribution is 6.04. The van der Waals surface area contributed by atoms with Crippen molar-refractivity contribution >= 4 is 35.2 Å². The van der Waals surface area contributed by atoms with Crippen molar-refractivity contribution in [3.05, 3.63) is 101 Å². The number of anilines is 1. The molecular weight excluding hydrogens is 668 g/mol. The van der Waals surface area contributed by atoms with E-state index in [0.29, 0.717) is 50.4 Å². The molecule has 1 saturated heterocycles. The summed E-state index contributed by atoms with van der Waals surface area (Å²) in [6.07, 6.45) is 4.29. The van der Waals surface area contributed by atoms with Crippen LogP contribution in [0.3, 0.4) is 0 Å². The highest BCUT2D eigenvalue weighted by atomic mass is 16.2. The Bertz CT molecular complexity index is 1730. The second-order valence-corrected chi connectivity index (χ2v) is 14.7. The smallest absolute Gasteiger partial charge is 0.251 e. The van der Waals surface area contributed by atoms with E-state index in [0.717, 1.165) is 24.0 Å². The van der Waals surface area contributed by atoms with Gasteiger partial charge in [-0.2, -0.15) is 0 Å². The first-order valence-electron chi connectivity index (χ1n) is 19.0. The van der Waals surface area contributed by atoms with Crippen LogP contribution in [0.4, 0.5) is 5.69 Å². The zero-order chi connectivity index (χ0) is 37.9. The van der Waals surface area contributed by atoms with Crippen LogP contribution < -0.4 is 31.5 Å². The van der Waals surface area contributed by atoms with Crippen LogP contribution in [0, 0.1) is 11.8 Å². The molecule has 0 radical (unpaired) electrons. The minimum absolute atomic E-state index is 0.0540. The van der Waals surface area contributed by atoms with Crippen molar-refractivity contribution in [3.8, 4) is 0 Å². The first kappa shape index (κ1) is 39.2. The summed E-state index contributed by atoms with van der Waals surface area (Å²) in [5.74, 6) is -0.838. The summed E-state index contributed by atoms with van der Waals surface area (Å²) in [6, 6.07) is 22.3. The van der Waals surface area contributed by atoms with Crippen LogP contribution in [0.5, 0.6) is 0 Å². The maximum absolute atomic E-state index is 14.1. The van der Waals surface area contributed by atoms with Crippen LogP contribution in [0.25, 0.3) is 0 Å². The van der Waals surface area contributed by atoms with E-state index in [-0.39, 0.29) is 53.3 Å². The van der Waals surface area contributed by atoms with E-state index in [9.17, 15) is 24.0 Å². The molecule has 11 nitrogen and oxygen atoms in total. The van der Waals surface area contributed by atoms with Gasteiger partial charge in [-0.05, 0) is 80.2 Å². The van der Waals surface area contributed by atoms with Gasteiger partial charge in [0.1, 0.15) is 6.04 Å². The topological polar surface area (TPSA) is 149 Å². The van der Waals surface area contributed by atoms with Gasteiger partial charge in [-0.15, -0.1) is 0 Å². The maximum atomic E-state index is 14.1. The fourth-order valence-electron chi connectivity index (χ4n) is 6.57. The van der Waals surface area contributed by atoms with Gasteiger partial charge in [0.15, 0.2) is 0 Å². The third-order valence-electron chi connectivity index (χ3n) is 9.98. The number of hydrogen-bond donors (Lipinski definition) is 5. The molecule has 0 unspecified atom stereocenters. The standard InChI is InChI=1S/C42H54N6O5/c1-5-36(41(52)47-38(27(2)3)42(53)44-25-30-18-19-30)43-26-34(21-29-13-8-6-9-14-29)46-40(51)33-22-32(23-35(24-33)48-20-12-17-37(48)49)39(50)45-28(4)31-15-10-7-11-16-31/h6-11,13-16,22-24,27-28,30,34,36,38,43H,5,12,17-21,25-26H2,1-4H3,(H,44,53)(H,45,50)(H,46,51)(H,47,52)/t28-,34+,36+,38+/m1/s1. The molecule has 2 fully saturated rings. The number of nitrogens with zero attached hydrogens (tertiary/aromatic N) is 1. The highest BCUT2D eigenvalue weighted by Gasteiger charge is 2.30. The number of rotatable bonds is 18. The van der Waals surface area contributed by atoms with E-state index in [1.165, 1.54) is 0 Å². The second kappa shape index (κ2) is 18.6. The molecule has 11 heteroatoms. The Labute approximate surface area is 313 Å². The molecule has 282 valence electrons. The first-order valence-corrected chi connectivity index (χ1v) is 19.0. The van der Waals surface area contributed by atoms with Crippen molar-refractivity contribution in [2.75, 3.05) is 24.5 Å². The lowest BCUT2D eigenvalue weighted by molar-refractivity contribution is -0.131. The second-order valence-electron chi connectivity index (χ2n) is 14.7. The Morgan fingerprint density at radius 1 is 0.811 bits per heavy atom. The van der Waals surface area contributed by atoms with Gasteiger partial charge in [-0.3, -0.25) is 24.0 Å². The summed E-state index contributed by atoms with van der Waals surface area (Å²) in [5.41, 5.74) is 2.96. The quantitative estimate of drug-likeness (QED) is 0.129. The fourth-order valence-corrected chi connectivity index (χ4v) is 6.57. The molecule has 1 aliphatic carbocycles. The van der Waals surface area contributed by atoms with Crippen molar-refractivity contribution in [1.29, 1.82) is 0 Å².